The lowest BCUT2D eigenvalue weighted by Gasteiger charge is -2.09. The second-order valence-electron chi connectivity index (χ2n) is 12.0. The maximum absolute atomic E-state index is 11.5. The minimum Gasteiger partial charge on any atom is -0.507 e. The van der Waals surface area contributed by atoms with Crippen LogP contribution < -0.4 is 10.4 Å². The van der Waals surface area contributed by atoms with Gasteiger partial charge >= 0.3 is 0 Å². The molecule has 4 heteroatoms. The molecule has 1 heterocycles. The van der Waals surface area contributed by atoms with Crippen molar-refractivity contribution < 1.29 is 10.2 Å². The average molecular weight is 545 g/mol. The number of imidazole rings is 1. The summed E-state index contributed by atoms with van der Waals surface area (Å²) in [7, 11) is 0. The van der Waals surface area contributed by atoms with E-state index in [2.05, 4.69) is 96.8 Å². The van der Waals surface area contributed by atoms with E-state index in [1.807, 2.05) is 24.3 Å². The lowest BCUT2D eigenvalue weighted by atomic mass is 9.96. The molecule has 0 saturated heterocycles. The lowest BCUT2D eigenvalue weighted by Crippen LogP contribution is -2.12. The number of phenolic OH excluding ortho intramolecular Hbond substituents is 2. The zero-order valence-corrected chi connectivity index (χ0v) is 25.3. The number of hydrogen-bond donors (Lipinski definition) is 3. The van der Waals surface area contributed by atoms with Gasteiger partial charge in [0.05, 0.1) is 16.3 Å². The lowest BCUT2D eigenvalue weighted by molar-refractivity contribution is 0.471. The number of nitrogens with zero attached hydrogens (tertiary/aromatic N) is 1. The molecule has 1 aromatic heterocycles. The number of fused-ring (bicyclic) bond motifs is 1. The Bertz CT molecular complexity index is 2000. The number of aromatic hydroxyl groups is 2. The Labute approximate surface area is 241 Å². The van der Waals surface area contributed by atoms with Crippen LogP contribution in [0, 0.1) is 21.1 Å². The van der Waals surface area contributed by atoms with Gasteiger partial charge in [0.25, 0.3) is 0 Å². The highest BCUT2D eigenvalue weighted by molar-refractivity contribution is 5.98. The largest absolute Gasteiger partial charge is 0.507 e. The van der Waals surface area contributed by atoms with Crippen molar-refractivity contribution in [1.82, 2.24) is 9.97 Å². The summed E-state index contributed by atoms with van der Waals surface area (Å²) in [5.74, 6) is 1.27. The fraction of sp³-hybridized carbons (Fsp3) is 0.270. The van der Waals surface area contributed by atoms with E-state index in [-0.39, 0.29) is 23.3 Å². The third kappa shape index (κ3) is 4.93. The molecule has 0 aliphatic heterocycles. The van der Waals surface area contributed by atoms with Crippen molar-refractivity contribution in [3.8, 4) is 22.9 Å². The van der Waals surface area contributed by atoms with Gasteiger partial charge in [0, 0.05) is 21.2 Å². The first-order chi connectivity index (χ1) is 19.5. The average Bonchev–Trinajstić information content (AvgIpc) is 3.38. The van der Waals surface area contributed by atoms with E-state index in [0.717, 1.165) is 26.4 Å². The Hall–Kier alpha value is -4.31. The fourth-order valence-corrected chi connectivity index (χ4v) is 5.86. The summed E-state index contributed by atoms with van der Waals surface area (Å²) in [5, 5.41) is 29.9. The molecule has 3 N–H and O–H groups in total. The summed E-state index contributed by atoms with van der Waals surface area (Å²) in [6.45, 7) is 17.4. The Morgan fingerprint density at radius 2 is 1.22 bits per heavy atom. The zero-order valence-electron chi connectivity index (χ0n) is 25.3. The zero-order chi connectivity index (χ0) is 29.6. The number of rotatable bonds is 3. The number of aromatic amines is 1. The van der Waals surface area contributed by atoms with E-state index >= 15 is 0 Å². The summed E-state index contributed by atoms with van der Waals surface area (Å²) in [5.41, 5.74) is 5.34. The van der Waals surface area contributed by atoms with Gasteiger partial charge in [-0.3, -0.25) is 0 Å². The first-order valence-corrected chi connectivity index (χ1v) is 14.4. The van der Waals surface area contributed by atoms with E-state index < -0.39 is 0 Å². The Kier molecular flexibility index (Phi) is 7.52. The van der Waals surface area contributed by atoms with Gasteiger partial charge in [-0.25, -0.2) is 4.98 Å². The smallest absolute Gasteiger partial charge is 0.142 e. The number of nitrogens with one attached hydrogen (secondary N) is 1. The van der Waals surface area contributed by atoms with Gasteiger partial charge < -0.3 is 15.2 Å². The van der Waals surface area contributed by atoms with Crippen LogP contribution in [-0.2, 0) is 0 Å². The summed E-state index contributed by atoms with van der Waals surface area (Å²) in [6.07, 6.45) is 0. The van der Waals surface area contributed by atoms with Crippen LogP contribution in [0.5, 0.6) is 11.5 Å². The first-order valence-electron chi connectivity index (χ1n) is 14.4. The minimum atomic E-state index is 0.0939. The molecule has 0 atom stereocenters. The summed E-state index contributed by atoms with van der Waals surface area (Å²) in [4.78, 5) is 8.94. The van der Waals surface area contributed by atoms with Gasteiger partial charge in [0.15, 0.2) is 0 Å². The quantitative estimate of drug-likeness (QED) is 0.203. The number of aromatic nitrogens is 2. The van der Waals surface area contributed by atoms with Crippen molar-refractivity contribution in [2.75, 3.05) is 0 Å². The molecule has 0 radical (unpaired) electrons. The third-order valence-electron chi connectivity index (χ3n) is 7.95. The molecule has 5 aromatic rings. The number of H-pyrrole nitrogens is 1. The van der Waals surface area contributed by atoms with Gasteiger partial charge in [-0.15, -0.1) is 0 Å². The molecular weight excluding hydrogens is 504 g/mol. The van der Waals surface area contributed by atoms with Crippen molar-refractivity contribution in [1.29, 1.82) is 0 Å². The van der Waals surface area contributed by atoms with Gasteiger partial charge in [0.1, 0.15) is 17.3 Å². The Morgan fingerprint density at radius 1 is 0.683 bits per heavy atom. The molecule has 0 spiro atoms. The Morgan fingerprint density at radius 3 is 1.78 bits per heavy atom. The molecule has 0 bridgehead atoms. The SMILES string of the molecule is CC(C)=c1cccc(C(C)C)c1=c1nc(-c2cc(O)c3ccccc3c2O)[nH]c1=c1c(C(C)C)cccc1=C(C)C. The van der Waals surface area contributed by atoms with Crippen LogP contribution in [-0.4, -0.2) is 20.2 Å². The number of benzene rings is 4. The molecule has 0 fully saturated rings. The predicted octanol–water partition coefficient (Wildman–Crippen LogP) is 7.84. The molecule has 41 heavy (non-hydrogen) atoms. The molecule has 4 nitrogen and oxygen atoms in total. The van der Waals surface area contributed by atoms with Crippen LogP contribution in [0.3, 0.4) is 0 Å². The minimum absolute atomic E-state index is 0.0939. The van der Waals surface area contributed by atoms with E-state index in [9.17, 15) is 10.2 Å². The van der Waals surface area contributed by atoms with Crippen LogP contribution in [0.15, 0.2) is 66.7 Å². The van der Waals surface area contributed by atoms with Crippen molar-refractivity contribution >= 4 is 21.9 Å². The second-order valence-corrected chi connectivity index (χ2v) is 12.0. The second kappa shape index (κ2) is 10.9. The highest BCUT2D eigenvalue weighted by atomic mass is 16.3. The molecule has 0 aliphatic carbocycles. The molecule has 0 saturated carbocycles. The molecule has 0 aliphatic rings. The van der Waals surface area contributed by atoms with Crippen LogP contribution in [0.4, 0.5) is 0 Å². The number of phenols is 2. The van der Waals surface area contributed by atoms with Gasteiger partial charge in [0.2, 0.25) is 0 Å². The number of hydrogen-bond acceptors (Lipinski definition) is 3. The molecule has 210 valence electrons. The van der Waals surface area contributed by atoms with Crippen molar-refractivity contribution in [3.05, 3.63) is 109 Å². The van der Waals surface area contributed by atoms with Crippen LogP contribution in [0.1, 0.15) is 78.4 Å². The monoisotopic (exact) mass is 544 g/mol. The van der Waals surface area contributed by atoms with E-state index in [0.29, 0.717) is 22.2 Å². The summed E-state index contributed by atoms with van der Waals surface area (Å²) in [6, 6.07) is 21.9. The van der Waals surface area contributed by atoms with Crippen LogP contribution in [0.2, 0.25) is 0 Å². The highest BCUT2D eigenvalue weighted by Gasteiger charge is 2.17. The predicted molar refractivity (Wildman–Crippen MR) is 170 cm³/mol. The summed E-state index contributed by atoms with van der Waals surface area (Å²) >= 11 is 0. The highest BCUT2D eigenvalue weighted by Crippen LogP contribution is 2.39. The molecular formula is C37H40N2O2. The van der Waals surface area contributed by atoms with Crippen molar-refractivity contribution in [2.24, 2.45) is 0 Å². The van der Waals surface area contributed by atoms with Gasteiger partial charge in [-0.1, -0.05) is 99.5 Å². The van der Waals surface area contributed by atoms with E-state index in [1.165, 1.54) is 27.5 Å². The third-order valence-corrected chi connectivity index (χ3v) is 7.95. The summed E-state index contributed by atoms with van der Waals surface area (Å²) < 4.78 is 0. The van der Waals surface area contributed by atoms with E-state index in [1.54, 1.807) is 6.07 Å². The molecule has 5 rings (SSSR count). The maximum atomic E-state index is 11.5. The van der Waals surface area contributed by atoms with Crippen LogP contribution >= 0.6 is 0 Å². The van der Waals surface area contributed by atoms with Gasteiger partial charge in [-0.2, -0.15) is 0 Å². The topological polar surface area (TPSA) is 69.1 Å². The van der Waals surface area contributed by atoms with Crippen molar-refractivity contribution in [2.45, 2.75) is 67.2 Å². The maximum Gasteiger partial charge on any atom is 0.142 e. The molecule has 0 amide bonds. The standard InChI is InChI=1S/C37H40N2O2/c1-20(2)24-15-11-16-25(21(3)4)32(24)34-35(33-26(22(5)6)17-12-18-27(33)23(7)8)39-37(38-34)30-19-31(40)28-13-9-10-14-29(28)36(30)41/h9-20,22,40-41H,1-8H3,(H,38,39). The first kappa shape index (κ1) is 28.2. The molecule has 0 unspecified atom stereocenters. The molecule has 4 aromatic carbocycles. The van der Waals surface area contributed by atoms with Crippen molar-refractivity contribution in [3.63, 3.8) is 0 Å². The van der Waals surface area contributed by atoms with E-state index in [4.69, 9.17) is 4.98 Å². The van der Waals surface area contributed by atoms with Crippen LogP contribution in [0.25, 0.3) is 33.3 Å². The normalized spacial score (nSPS) is 13.3. The van der Waals surface area contributed by atoms with Gasteiger partial charge in [-0.05, 0) is 67.2 Å². The fourth-order valence-electron chi connectivity index (χ4n) is 5.86. The Balaban J connectivity index is 2.21.